The monoisotopic (exact) mass is 353 g/mol. The Kier molecular flexibility index (Phi) is 4.95. The van der Waals surface area contributed by atoms with Crippen molar-refractivity contribution in [3.8, 4) is 0 Å². The fourth-order valence-electron chi connectivity index (χ4n) is 2.21. The molecule has 1 saturated heterocycles. The van der Waals surface area contributed by atoms with E-state index in [1.165, 1.54) is 0 Å². The molecule has 0 radical (unpaired) electrons. The van der Waals surface area contributed by atoms with Crippen LogP contribution < -0.4 is 16.4 Å². The molecule has 4 N–H and O–H groups in total. The molecule has 0 saturated carbocycles. The molecule has 1 aliphatic rings. The van der Waals surface area contributed by atoms with E-state index in [-0.39, 0.29) is 11.8 Å². The highest BCUT2D eigenvalue weighted by molar-refractivity contribution is 9.10. The second kappa shape index (κ2) is 6.71. The summed E-state index contributed by atoms with van der Waals surface area (Å²) in [6.07, 6.45) is 1.07. The van der Waals surface area contributed by atoms with Gasteiger partial charge in [0, 0.05) is 17.3 Å². The Hall–Kier alpha value is -1.89. The first-order valence-electron chi connectivity index (χ1n) is 6.59. The number of hydrogen-bond acceptors (Lipinski definition) is 3. The summed E-state index contributed by atoms with van der Waals surface area (Å²) in [6.45, 7) is 0. The Morgan fingerprint density at radius 1 is 1.48 bits per heavy atom. The average Bonchev–Trinajstić information content (AvgIpc) is 2.84. The maximum atomic E-state index is 12.0. The van der Waals surface area contributed by atoms with Gasteiger partial charge in [0.15, 0.2) is 0 Å². The lowest BCUT2D eigenvalue weighted by Crippen LogP contribution is -2.51. The first kappa shape index (κ1) is 15.5. The third-order valence-corrected chi connectivity index (χ3v) is 3.79. The van der Waals surface area contributed by atoms with E-state index in [0.717, 1.165) is 10.0 Å². The minimum absolute atomic E-state index is 0.155. The van der Waals surface area contributed by atoms with Gasteiger partial charge in [0.2, 0.25) is 17.7 Å². The van der Waals surface area contributed by atoms with Crippen molar-refractivity contribution in [3.05, 3.63) is 34.3 Å². The Balaban J connectivity index is 2.00. The van der Waals surface area contributed by atoms with Crippen LogP contribution in [0.3, 0.4) is 0 Å². The van der Waals surface area contributed by atoms with Gasteiger partial charge in [0.05, 0.1) is 0 Å². The highest BCUT2D eigenvalue weighted by Crippen LogP contribution is 2.13. The molecule has 1 aliphatic heterocycles. The van der Waals surface area contributed by atoms with E-state index in [2.05, 4.69) is 26.6 Å². The van der Waals surface area contributed by atoms with Crippen molar-refractivity contribution in [2.75, 3.05) is 0 Å². The summed E-state index contributed by atoms with van der Waals surface area (Å²) in [4.78, 5) is 34.7. The molecular formula is C14H16BrN3O3. The van der Waals surface area contributed by atoms with Crippen molar-refractivity contribution in [2.24, 2.45) is 5.73 Å². The Labute approximate surface area is 130 Å². The molecule has 2 rings (SSSR count). The van der Waals surface area contributed by atoms with Gasteiger partial charge in [-0.1, -0.05) is 28.1 Å². The number of benzene rings is 1. The standard InChI is InChI=1S/C14H16BrN3O3/c15-9-3-1-2-8(6-9)7-11(13(16)20)18-14(21)10-4-5-12(19)17-10/h1-3,6,10-11H,4-5,7H2,(H2,16,20)(H,17,19)(H,18,21)/t10-,11-/m1/s1. The largest absolute Gasteiger partial charge is 0.368 e. The van der Waals surface area contributed by atoms with E-state index in [4.69, 9.17) is 5.73 Å². The van der Waals surface area contributed by atoms with Gasteiger partial charge >= 0.3 is 0 Å². The number of amides is 3. The van der Waals surface area contributed by atoms with Crippen LogP contribution in [0.2, 0.25) is 0 Å². The number of hydrogen-bond donors (Lipinski definition) is 3. The van der Waals surface area contributed by atoms with Crippen LogP contribution in [0, 0.1) is 0 Å². The Morgan fingerprint density at radius 2 is 2.24 bits per heavy atom. The fourth-order valence-corrected chi connectivity index (χ4v) is 2.65. The third-order valence-electron chi connectivity index (χ3n) is 3.30. The molecular weight excluding hydrogens is 338 g/mol. The number of nitrogens with one attached hydrogen (secondary N) is 2. The smallest absolute Gasteiger partial charge is 0.243 e. The van der Waals surface area contributed by atoms with E-state index < -0.39 is 18.0 Å². The molecule has 1 aromatic carbocycles. The van der Waals surface area contributed by atoms with E-state index in [9.17, 15) is 14.4 Å². The summed E-state index contributed by atoms with van der Waals surface area (Å²) in [5.41, 5.74) is 6.22. The van der Waals surface area contributed by atoms with Crippen molar-refractivity contribution in [3.63, 3.8) is 0 Å². The highest BCUT2D eigenvalue weighted by Gasteiger charge is 2.29. The zero-order valence-electron chi connectivity index (χ0n) is 11.3. The van der Waals surface area contributed by atoms with Crippen LogP contribution in [0.5, 0.6) is 0 Å². The molecule has 1 heterocycles. The topological polar surface area (TPSA) is 101 Å². The highest BCUT2D eigenvalue weighted by atomic mass is 79.9. The molecule has 1 aromatic rings. The lowest BCUT2D eigenvalue weighted by atomic mass is 10.0. The number of carbonyl (C=O) groups excluding carboxylic acids is 3. The van der Waals surface area contributed by atoms with E-state index in [0.29, 0.717) is 19.3 Å². The average molecular weight is 354 g/mol. The van der Waals surface area contributed by atoms with Crippen LogP contribution in [-0.4, -0.2) is 29.8 Å². The second-order valence-corrected chi connectivity index (χ2v) is 5.87. The van der Waals surface area contributed by atoms with Gasteiger partial charge in [-0.15, -0.1) is 0 Å². The van der Waals surface area contributed by atoms with Crippen LogP contribution >= 0.6 is 15.9 Å². The van der Waals surface area contributed by atoms with Gasteiger partial charge in [-0.05, 0) is 24.1 Å². The molecule has 21 heavy (non-hydrogen) atoms. The van der Waals surface area contributed by atoms with Crippen LogP contribution in [0.15, 0.2) is 28.7 Å². The first-order chi connectivity index (χ1) is 9.95. The zero-order valence-corrected chi connectivity index (χ0v) is 12.9. The zero-order chi connectivity index (χ0) is 15.4. The fraction of sp³-hybridized carbons (Fsp3) is 0.357. The molecule has 0 aromatic heterocycles. The molecule has 6 nitrogen and oxygen atoms in total. The third kappa shape index (κ3) is 4.29. The maximum absolute atomic E-state index is 12.0. The quantitative estimate of drug-likeness (QED) is 0.706. The molecule has 0 aliphatic carbocycles. The number of primary amides is 1. The number of halogens is 1. The molecule has 0 bridgehead atoms. The summed E-state index contributed by atoms with van der Waals surface area (Å²) >= 11 is 3.35. The van der Waals surface area contributed by atoms with E-state index in [1.807, 2.05) is 24.3 Å². The van der Waals surface area contributed by atoms with Crippen molar-refractivity contribution in [1.82, 2.24) is 10.6 Å². The predicted molar refractivity (Wildman–Crippen MR) is 80.1 cm³/mol. The van der Waals surface area contributed by atoms with Gasteiger partial charge in [-0.3, -0.25) is 14.4 Å². The summed E-state index contributed by atoms with van der Waals surface area (Å²) in [5, 5.41) is 5.16. The first-order valence-corrected chi connectivity index (χ1v) is 7.38. The molecule has 7 heteroatoms. The number of nitrogens with two attached hydrogens (primary N) is 1. The normalized spacial score (nSPS) is 18.9. The summed E-state index contributed by atoms with van der Waals surface area (Å²) in [6, 6.07) is 6.04. The predicted octanol–water partition coefficient (Wildman–Crippen LogP) is 0.240. The molecule has 112 valence electrons. The molecule has 3 amide bonds. The van der Waals surface area contributed by atoms with Crippen LogP contribution in [-0.2, 0) is 20.8 Å². The lowest BCUT2D eigenvalue weighted by Gasteiger charge is -2.18. The molecule has 0 spiro atoms. The van der Waals surface area contributed by atoms with E-state index in [1.54, 1.807) is 0 Å². The maximum Gasteiger partial charge on any atom is 0.243 e. The number of carbonyl (C=O) groups is 3. The summed E-state index contributed by atoms with van der Waals surface area (Å²) in [7, 11) is 0. The molecule has 1 fully saturated rings. The molecule has 2 atom stereocenters. The van der Waals surface area contributed by atoms with Crippen LogP contribution in [0.25, 0.3) is 0 Å². The minimum Gasteiger partial charge on any atom is -0.368 e. The van der Waals surface area contributed by atoms with Crippen molar-refractivity contribution < 1.29 is 14.4 Å². The van der Waals surface area contributed by atoms with Gasteiger partial charge < -0.3 is 16.4 Å². The van der Waals surface area contributed by atoms with Gasteiger partial charge in [-0.25, -0.2) is 0 Å². The van der Waals surface area contributed by atoms with Crippen LogP contribution in [0.1, 0.15) is 18.4 Å². The van der Waals surface area contributed by atoms with E-state index >= 15 is 0 Å². The lowest BCUT2D eigenvalue weighted by molar-refractivity contribution is -0.129. The van der Waals surface area contributed by atoms with Gasteiger partial charge in [0.1, 0.15) is 12.1 Å². The Bertz CT molecular complexity index is 576. The summed E-state index contributed by atoms with van der Waals surface area (Å²) in [5.74, 6) is -1.13. The Morgan fingerprint density at radius 3 is 2.81 bits per heavy atom. The minimum atomic E-state index is -0.802. The SMILES string of the molecule is NC(=O)[C@@H](Cc1cccc(Br)c1)NC(=O)[C@H]1CCC(=O)N1. The number of rotatable bonds is 5. The molecule has 0 unspecified atom stereocenters. The van der Waals surface area contributed by atoms with Gasteiger partial charge in [0.25, 0.3) is 0 Å². The van der Waals surface area contributed by atoms with Crippen LogP contribution in [0.4, 0.5) is 0 Å². The van der Waals surface area contributed by atoms with Crippen molar-refractivity contribution in [2.45, 2.75) is 31.3 Å². The second-order valence-electron chi connectivity index (χ2n) is 4.96. The summed E-state index contributed by atoms with van der Waals surface area (Å²) < 4.78 is 0.887. The van der Waals surface area contributed by atoms with Crippen molar-refractivity contribution in [1.29, 1.82) is 0 Å². The van der Waals surface area contributed by atoms with Crippen molar-refractivity contribution >= 4 is 33.7 Å². The van der Waals surface area contributed by atoms with Gasteiger partial charge in [-0.2, -0.15) is 0 Å².